The highest BCUT2D eigenvalue weighted by molar-refractivity contribution is 6.25. The van der Waals surface area contributed by atoms with E-state index in [4.69, 9.17) is 0 Å². The third kappa shape index (κ3) is 6.52. The fourth-order valence-corrected chi connectivity index (χ4v) is 9.76. The molecule has 300 valence electrons. The predicted octanol–water partition coefficient (Wildman–Crippen LogP) is 17.2. The molecular formula is C62H42N2. The number of anilines is 3. The molecule has 64 heavy (non-hydrogen) atoms. The lowest BCUT2D eigenvalue weighted by atomic mass is 9.96. The third-order valence-electron chi connectivity index (χ3n) is 12.8. The van der Waals surface area contributed by atoms with Crippen LogP contribution in [0.3, 0.4) is 0 Å². The van der Waals surface area contributed by atoms with Gasteiger partial charge in [-0.25, -0.2) is 0 Å². The van der Waals surface area contributed by atoms with Gasteiger partial charge in [0.2, 0.25) is 0 Å². The van der Waals surface area contributed by atoms with Crippen molar-refractivity contribution in [3.63, 3.8) is 0 Å². The van der Waals surface area contributed by atoms with Crippen molar-refractivity contribution < 1.29 is 0 Å². The topological polar surface area (TPSA) is 8.17 Å². The molecule has 0 N–H and O–H groups in total. The molecule has 0 fully saturated rings. The zero-order valence-corrected chi connectivity index (χ0v) is 35.1. The summed E-state index contributed by atoms with van der Waals surface area (Å²) in [7, 11) is 0. The van der Waals surface area contributed by atoms with Gasteiger partial charge in [-0.3, -0.25) is 0 Å². The Balaban J connectivity index is 1.01. The predicted molar refractivity (Wildman–Crippen MR) is 272 cm³/mol. The number of benzene rings is 11. The minimum atomic E-state index is 1.09. The maximum Gasteiger partial charge on any atom is 0.0547 e. The Hall–Kier alpha value is -8.46. The Bertz CT molecular complexity index is 3640. The van der Waals surface area contributed by atoms with Crippen molar-refractivity contribution in [3.8, 4) is 50.2 Å². The smallest absolute Gasteiger partial charge is 0.0547 e. The molecule has 1 heterocycles. The number of fused-ring (bicyclic) bond motifs is 6. The van der Waals surface area contributed by atoms with E-state index in [-0.39, 0.29) is 0 Å². The molecule has 11 aromatic carbocycles. The minimum absolute atomic E-state index is 1.09. The molecule has 0 aliphatic carbocycles. The molecule has 0 amide bonds. The molecule has 0 aliphatic heterocycles. The number of para-hydroxylation sites is 1. The van der Waals surface area contributed by atoms with Crippen molar-refractivity contribution in [3.05, 3.63) is 255 Å². The van der Waals surface area contributed by atoms with Crippen LogP contribution >= 0.6 is 0 Å². The Morgan fingerprint density at radius 3 is 1.53 bits per heavy atom. The van der Waals surface area contributed by atoms with E-state index in [1.165, 1.54) is 82.3 Å². The van der Waals surface area contributed by atoms with Gasteiger partial charge >= 0.3 is 0 Å². The fourth-order valence-electron chi connectivity index (χ4n) is 9.76. The van der Waals surface area contributed by atoms with Gasteiger partial charge in [-0.05, 0) is 133 Å². The van der Waals surface area contributed by atoms with Crippen LogP contribution in [-0.4, -0.2) is 4.57 Å². The molecule has 2 heteroatoms. The Labute approximate surface area is 373 Å². The van der Waals surface area contributed by atoms with Crippen LogP contribution < -0.4 is 4.90 Å². The van der Waals surface area contributed by atoms with Crippen LogP contribution in [0.15, 0.2) is 255 Å². The molecule has 12 rings (SSSR count). The highest BCUT2D eigenvalue weighted by Crippen LogP contribution is 2.44. The van der Waals surface area contributed by atoms with Crippen LogP contribution in [0.5, 0.6) is 0 Å². The summed E-state index contributed by atoms with van der Waals surface area (Å²) in [4.78, 5) is 2.39. The molecule has 2 nitrogen and oxygen atoms in total. The third-order valence-corrected chi connectivity index (χ3v) is 12.8. The van der Waals surface area contributed by atoms with Crippen LogP contribution in [0.4, 0.5) is 17.1 Å². The number of hydrogen-bond acceptors (Lipinski definition) is 1. The van der Waals surface area contributed by atoms with E-state index in [0.717, 1.165) is 28.3 Å². The monoisotopic (exact) mass is 814 g/mol. The molecule has 12 aromatic rings. The summed E-state index contributed by atoms with van der Waals surface area (Å²) in [5, 5.41) is 7.51. The van der Waals surface area contributed by atoms with Gasteiger partial charge in [-0.15, -0.1) is 0 Å². The lowest BCUT2D eigenvalue weighted by Crippen LogP contribution is -2.10. The summed E-state index contributed by atoms with van der Waals surface area (Å²) in [6.45, 7) is 0. The fraction of sp³-hybridized carbons (Fsp3) is 0. The van der Waals surface area contributed by atoms with Crippen molar-refractivity contribution in [2.24, 2.45) is 0 Å². The van der Waals surface area contributed by atoms with E-state index in [2.05, 4.69) is 264 Å². The molecule has 0 bridgehead atoms. The normalized spacial score (nSPS) is 11.4. The van der Waals surface area contributed by atoms with E-state index in [1.807, 2.05) is 0 Å². The van der Waals surface area contributed by atoms with Crippen molar-refractivity contribution in [1.29, 1.82) is 0 Å². The van der Waals surface area contributed by atoms with Crippen LogP contribution in [0, 0.1) is 0 Å². The first-order valence-electron chi connectivity index (χ1n) is 22.0. The summed E-state index contributed by atoms with van der Waals surface area (Å²) in [5.74, 6) is 0. The maximum absolute atomic E-state index is 2.42. The lowest BCUT2D eigenvalue weighted by Gasteiger charge is -2.26. The maximum atomic E-state index is 2.42. The van der Waals surface area contributed by atoms with Gasteiger partial charge in [0.25, 0.3) is 0 Å². The van der Waals surface area contributed by atoms with Crippen LogP contribution in [0.1, 0.15) is 0 Å². The molecule has 0 saturated heterocycles. The summed E-state index contributed by atoms with van der Waals surface area (Å²) >= 11 is 0. The molecule has 0 spiro atoms. The van der Waals surface area contributed by atoms with Crippen LogP contribution in [0.2, 0.25) is 0 Å². The van der Waals surface area contributed by atoms with Gasteiger partial charge in [0.1, 0.15) is 0 Å². The van der Waals surface area contributed by atoms with Gasteiger partial charge < -0.3 is 9.47 Å². The SMILES string of the molecule is c1ccc(-c2cccc(-c3ccc(N(c4ccc(-c5cccc6ccccc56)cc4)c4cccc(-c5cccc6c5c5c7ccccc7ccc5n6-c5ccccc5)c4)cc3)c2)cc1. The van der Waals surface area contributed by atoms with Gasteiger partial charge in [0, 0.05) is 33.5 Å². The second-order valence-corrected chi connectivity index (χ2v) is 16.5. The number of rotatable bonds is 8. The van der Waals surface area contributed by atoms with E-state index >= 15 is 0 Å². The molecule has 0 saturated carbocycles. The number of aromatic nitrogens is 1. The number of hydrogen-bond donors (Lipinski definition) is 0. The zero-order chi connectivity index (χ0) is 42.4. The first kappa shape index (κ1) is 37.3. The molecule has 0 atom stereocenters. The second-order valence-electron chi connectivity index (χ2n) is 16.5. The van der Waals surface area contributed by atoms with Crippen molar-refractivity contribution in [2.45, 2.75) is 0 Å². The molecule has 1 aromatic heterocycles. The Morgan fingerprint density at radius 1 is 0.266 bits per heavy atom. The highest BCUT2D eigenvalue weighted by Gasteiger charge is 2.20. The van der Waals surface area contributed by atoms with E-state index in [1.54, 1.807) is 0 Å². The second kappa shape index (κ2) is 15.8. The van der Waals surface area contributed by atoms with E-state index in [9.17, 15) is 0 Å². The highest BCUT2D eigenvalue weighted by atomic mass is 15.1. The van der Waals surface area contributed by atoms with E-state index < -0.39 is 0 Å². The van der Waals surface area contributed by atoms with E-state index in [0.29, 0.717) is 0 Å². The first-order chi connectivity index (χ1) is 31.7. The van der Waals surface area contributed by atoms with Crippen molar-refractivity contribution in [2.75, 3.05) is 4.90 Å². The first-order valence-corrected chi connectivity index (χ1v) is 22.0. The molecular weight excluding hydrogens is 773 g/mol. The van der Waals surface area contributed by atoms with Gasteiger partial charge in [0.15, 0.2) is 0 Å². The Kier molecular flexibility index (Phi) is 9.20. The summed E-state index contributed by atoms with van der Waals surface area (Å²) in [6, 6.07) is 92.6. The summed E-state index contributed by atoms with van der Waals surface area (Å²) in [5.41, 5.74) is 16.4. The van der Waals surface area contributed by atoms with Gasteiger partial charge in [0.05, 0.1) is 11.0 Å². The Morgan fingerprint density at radius 2 is 0.781 bits per heavy atom. The average molecular weight is 815 g/mol. The lowest BCUT2D eigenvalue weighted by molar-refractivity contribution is 1.18. The largest absolute Gasteiger partial charge is 0.310 e. The van der Waals surface area contributed by atoms with Crippen molar-refractivity contribution in [1.82, 2.24) is 4.57 Å². The van der Waals surface area contributed by atoms with Gasteiger partial charge in [-0.2, -0.15) is 0 Å². The molecule has 0 aliphatic rings. The summed E-state index contributed by atoms with van der Waals surface area (Å²) in [6.07, 6.45) is 0. The number of nitrogens with zero attached hydrogens (tertiary/aromatic N) is 2. The van der Waals surface area contributed by atoms with Gasteiger partial charge in [-0.1, -0.05) is 188 Å². The molecule has 0 radical (unpaired) electrons. The molecule has 0 unspecified atom stereocenters. The van der Waals surface area contributed by atoms with Crippen LogP contribution in [0.25, 0.3) is 93.5 Å². The summed E-state index contributed by atoms with van der Waals surface area (Å²) < 4.78 is 2.42. The average Bonchev–Trinajstić information content (AvgIpc) is 3.73. The standard InChI is InChI=1S/C62H42N2/c1-3-15-43(16-4-1)48-20-11-21-49(41-48)44-31-36-52(37-32-44)63(53-38-33-47(34-39-53)56-28-13-19-45-17-7-9-26-55(45)56)54-25-12-22-50(42-54)58-29-14-30-59-62(58)61-57-27-10-8-18-46(57)35-40-60(61)64(59)51-23-5-2-6-24-51/h1-42H. The van der Waals surface area contributed by atoms with Crippen LogP contribution in [-0.2, 0) is 0 Å². The van der Waals surface area contributed by atoms with Crippen molar-refractivity contribution >= 4 is 60.4 Å². The minimum Gasteiger partial charge on any atom is -0.310 e. The quantitative estimate of drug-likeness (QED) is 0.148. The zero-order valence-electron chi connectivity index (χ0n) is 35.1.